The van der Waals surface area contributed by atoms with Crippen LogP contribution < -0.4 is 16.0 Å². The average molecular weight is 542 g/mol. The van der Waals surface area contributed by atoms with Crippen molar-refractivity contribution in [3.8, 4) is 0 Å². The summed E-state index contributed by atoms with van der Waals surface area (Å²) in [6.07, 6.45) is -9.31. The maximum absolute atomic E-state index is 13.7. The first-order valence-corrected chi connectivity index (χ1v) is 11.3. The standard InChI is InChI=1S/C25H24F6N4O3/c1-14(15-4-6-16(7-5-15)23(37)38-2)34-22(36)19(20(32)25(29,30)31)21-33-12-3-13-35(21)18-10-8-17(9-11-18)24(26,27)28/h4-11,14H,3,12-13,32H2,1-2H3,(H,34,36). The lowest BCUT2D eigenvalue weighted by atomic mass is 10.0. The maximum Gasteiger partial charge on any atom is 0.431 e. The highest BCUT2D eigenvalue weighted by Crippen LogP contribution is 2.33. The van der Waals surface area contributed by atoms with Crippen molar-refractivity contribution in [1.29, 1.82) is 0 Å². The number of halogens is 6. The van der Waals surface area contributed by atoms with Crippen LogP contribution in [0, 0.1) is 0 Å². The molecule has 1 aliphatic heterocycles. The molecule has 204 valence electrons. The van der Waals surface area contributed by atoms with Gasteiger partial charge in [-0.3, -0.25) is 9.79 Å². The van der Waals surface area contributed by atoms with Crippen molar-refractivity contribution in [2.24, 2.45) is 10.7 Å². The van der Waals surface area contributed by atoms with Crippen LogP contribution in [0.2, 0.25) is 0 Å². The molecule has 13 heteroatoms. The number of hydrogen-bond donors (Lipinski definition) is 2. The van der Waals surface area contributed by atoms with Crippen LogP contribution in [0.25, 0.3) is 0 Å². The first-order chi connectivity index (χ1) is 17.7. The largest absolute Gasteiger partial charge is 0.465 e. The van der Waals surface area contributed by atoms with Gasteiger partial charge in [0.2, 0.25) is 0 Å². The Kier molecular flexibility index (Phi) is 8.38. The Morgan fingerprint density at radius 1 is 1.03 bits per heavy atom. The smallest absolute Gasteiger partial charge is 0.431 e. The fourth-order valence-corrected chi connectivity index (χ4v) is 3.76. The minimum atomic E-state index is -5.09. The molecular weight excluding hydrogens is 518 g/mol. The lowest BCUT2D eigenvalue weighted by Crippen LogP contribution is -2.44. The van der Waals surface area contributed by atoms with E-state index in [0.29, 0.717) is 12.0 Å². The van der Waals surface area contributed by atoms with E-state index in [1.165, 1.54) is 43.2 Å². The molecule has 0 aromatic heterocycles. The van der Waals surface area contributed by atoms with Gasteiger partial charge in [-0.1, -0.05) is 12.1 Å². The highest BCUT2D eigenvalue weighted by atomic mass is 19.4. The molecule has 0 radical (unpaired) electrons. The van der Waals surface area contributed by atoms with E-state index < -0.39 is 52.9 Å². The Hall–Kier alpha value is -4.03. The van der Waals surface area contributed by atoms with Crippen molar-refractivity contribution in [2.75, 3.05) is 25.1 Å². The van der Waals surface area contributed by atoms with E-state index in [9.17, 15) is 35.9 Å². The fraction of sp³-hybridized carbons (Fsp3) is 0.320. The zero-order chi connectivity index (χ0) is 28.3. The summed E-state index contributed by atoms with van der Waals surface area (Å²) in [7, 11) is 1.21. The third kappa shape index (κ3) is 6.45. The summed E-state index contributed by atoms with van der Waals surface area (Å²) >= 11 is 0. The number of alkyl halides is 6. The summed E-state index contributed by atoms with van der Waals surface area (Å²) in [4.78, 5) is 30.2. The number of nitrogens with two attached hydrogens (primary N) is 1. The van der Waals surface area contributed by atoms with E-state index in [1.807, 2.05) is 0 Å². The number of ether oxygens (including phenoxy) is 1. The minimum Gasteiger partial charge on any atom is -0.465 e. The Morgan fingerprint density at radius 3 is 2.16 bits per heavy atom. The zero-order valence-corrected chi connectivity index (χ0v) is 20.3. The van der Waals surface area contributed by atoms with Gasteiger partial charge >= 0.3 is 18.3 Å². The lowest BCUT2D eigenvalue weighted by molar-refractivity contribution is -0.137. The predicted octanol–water partition coefficient (Wildman–Crippen LogP) is 4.75. The number of nitrogens with one attached hydrogen (secondary N) is 1. The predicted molar refractivity (Wildman–Crippen MR) is 127 cm³/mol. The highest BCUT2D eigenvalue weighted by Gasteiger charge is 2.40. The van der Waals surface area contributed by atoms with Crippen molar-refractivity contribution in [1.82, 2.24) is 5.32 Å². The fourth-order valence-electron chi connectivity index (χ4n) is 3.76. The van der Waals surface area contributed by atoms with Crippen LogP contribution in [0.4, 0.5) is 32.0 Å². The van der Waals surface area contributed by atoms with E-state index in [1.54, 1.807) is 0 Å². The molecule has 1 aliphatic rings. The van der Waals surface area contributed by atoms with Gasteiger partial charge in [-0.05, 0) is 55.3 Å². The molecule has 0 bridgehead atoms. The number of rotatable bonds is 6. The van der Waals surface area contributed by atoms with Gasteiger partial charge in [0, 0.05) is 18.8 Å². The highest BCUT2D eigenvalue weighted by molar-refractivity contribution is 6.26. The number of carbonyl (C=O) groups is 2. The molecule has 7 nitrogen and oxygen atoms in total. The normalized spacial score (nSPS) is 15.8. The number of methoxy groups -OCH3 is 1. The van der Waals surface area contributed by atoms with Gasteiger partial charge < -0.3 is 20.7 Å². The topological polar surface area (TPSA) is 97.0 Å². The Labute approximate surface area is 214 Å². The molecular formula is C25H24F6N4O3. The molecule has 3 N–H and O–H groups in total. The lowest BCUT2D eigenvalue weighted by Gasteiger charge is -2.32. The summed E-state index contributed by atoms with van der Waals surface area (Å²) in [5.41, 5.74) is 2.66. The van der Waals surface area contributed by atoms with Gasteiger partial charge in [0.25, 0.3) is 5.91 Å². The van der Waals surface area contributed by atoms with E-state index >= 15 is 0 Å². The number of carbonyl (C=O) groups excluding carboxylic acids is 2. The Morgan fingerprint density at radius 2 is 1.63 bits per heavy atom. The van der Waals surface area contributed by atoms with Gasteiger partial charge in [-0.15, -0.1) is 0 Å². The molecule has 0 aliphatic carbocycles. The van der Waals surface area contributed by atoms with Gasteiger partial charge in [0.1, 0.15) is 17.1 Å². The Bertz CT molecular complexity index is 1240. The molecule has 38 heavy (non-hydrogen) atoms. The van der Waals surface area contributed by atoms with E-state index in [2.05, 4.69) is 15.0 Å². The number of anilines is 1. The molecule has 2 aromatic carbocycles. The summed E-state index contributed by atoms with van der Waals surface area (Å²) < 4.78 is 84.8. The van der Waals surface area contributed by atoms with Crippen LogP contribution in [0.15, 0.2) is 64.8 Å². The molecule has 0 saturated carbocycles. The third-order valence-electron chi connectivity index (χ3n) is 5.77. The van der Waals surface area contributed by atoms with Crippen molar-refractivity contribution >= 4 is 23.4 Å². The Balaban J connectivity index is 1.96. The SMILES string of the molecule is COC(=O)c1ccc(C(C)NC(=O)C(C2=NCCCN2c2ccc(C(F)(F)F)cc2)=C(N)C(F)(F)F)cc1. The maximum atomic E-state index is 13.7. The number of esters is 1. The summed E-state index contributed by atoms with van der Waals surface area (Å²) in [6, 6.07) is 8.82. The second kappa shape index (κ2) is 11.2. The third-order valence-corrected chi connectivity index (χ3v) is 5.77. The van der Waals surface area contributed by atoms with E-state index in [4.69, 9.17) is 5.73 Å². The monoisotopic (exact) mass is 542 g/mol. The van der Waals surface area contributed by atoms with Crippen LogP contribution in [-0.2, 0) is 15.7 Å². The van der Waals surface area contributed by atoms with Crippen molar-refractivity contribution in [3.05, 3.63) is 76.5 Å². The molecule has 0 fully saturated rings. The van der Waals surface area contributed by atoms with Crippen LogP contribution in [0.5, 0.6) is 0 Å². The number of hydrogen-bond acceptors (Lipinski definition) is 6. The van der Waals surface area contributed by atoms with Crippen LogP contribution >= 0.6 is 0 Å². The second-order valence-corrected chi connectivity index (χ2v) is 8.35. The molecule has 1 atom stereocenters. The molecule has 0 saturated heterocycles. The molecule has 2 aromatic rings. The first-order valence-electron chi connectivity index (χ1n) is 11.3. The zero-order valence-electron chi connectivity index (χ0n) is 20.3. The molecule has 1 unspecified atom stereocenters. The molecule has 3 rings (SSSR count). The number of nitrogens with zero attached hydrogens (tertiary/aromatic N) is 2. The first kappa shape index (κ1) is 28.5. The quantitative estimate of drug-likeness (QED) is 0.312. The van der Waals surface area contributed by atoms with Gasteiger partial charge in [-0.2, -0.15) is 26.3 Å². The van der Waals surface area contributed by atoms with Crippen LogP contribution in [-0.4, -0.2) is 44.1 Å². The molecule has 1 amide bonds. The van der Waals surface area contributed by atoms with E-state index in [-0.39, 0.29) is 24.3 Å². The summed E-state index contributed by atoms with van der Waals surface area (Å²) in [6.45, 7) is 1.69. The number of benzene rings is 2. The number of amidine groups is 1. The van der Waals surface area contributed by atoms with Crippen LogP contribution in [0.1, 0.15) is 40.9 Å². The van der Waals surface area contributed by atoms with Crippen molar-refractivity contribution < 1.29 is 40.7 Å². The molecule has 0 spiro atoms. The summed E-state index contributed by atoms with van der Waals surface area (Å²) in [5.74, 6) is -2.17. The van der Waals surface area contributed by atoms with E-state index in [0.717, 1.165) is 24.3 Å². The number of allylic oxidation sites excluding steroid dienone is 1. The van der Waals surface area contributed by atoms with Gasteiger partial charge in [-0.25, -0.2) is 4.79 Å². The van der Waals surface area contributed by atoms with Gasteiger partial charge in [0.15, 0.2) is 0 Å². The van der Waals surface area contributed by atoms with Crippen molar-refractivity contribution in [2.45, 2.75) is 31.7 Å². The summed E-state index contributed by atoms with van der Waals surface area (Å²) in [5, 5.41) is 2.46. The molecule has 1 heterocycles. The van der Waals surface area contributed by atoms with Crippen molar-refractivity contribution in [3.63, 3.8) is 0 Å². The second-order valence-electron chi connectivity index (χ2n) is 8.35. The van der Waals surface area contributed by atoms with Gasteiger partial charge in [0.05, 0.1) is 24.3 Å². The average Bonchev–Trinajstić information content (AvgIpc) is 2.87. The van der Waals surface area contributed by atoms with Crippen LogP contribution in [0.3, 0.4) is 0 Å². The minimum absolute atomic E-state index is 0.0823. The number of amides is 1. The number of aliphatic imine (C=N–C) groups is 1.